The molecule has 1 aliphatic heterocycles. The van der Waals surface area contributed by atoms with Gasteiger partial charge in [-0.1, -0.05) is 12.1 Å². The van der Waals surface area contributed by atoms with Crippen molar-refractivity contribution in [1.29, 1.82) is 0 Å². The zero-order valence-electron chi connectivity index (χ0n) is 17.1. The summed E-state index contributed by atoms with van der Waals surface area (Å²) in [6, 6.07) is 10.8. The fourth-order valence-electron chi connectivity index (χ4n) is 3.62. The molecule has 0 radical (unpaired) electrons. The van der Waals surface area contributed by atoms with Gasteiger partial charge in [-0.25, -0.2) is 8.42 Å². The Bertz CT molecular complexity index is 1210. The lowest BCUT2D eigenvalue weighted by Crippen LogP contribution is -2.49. The van der Waals surface area contributed by atoms with E-state index in [1.54, 1.807) is 22.7 Å². The number of nitrogens with one attached hydrogen (secondary N) is 1. The topological polar surface area (TPSA) is 99.9 Å². The lowest BCUT2D eigenvalue weighted by molar-refractivity contribution is 0.102. The fourth-order valence-corrected chi connectivity index (χ4v) is 4.45. The van der Waals surface area contributed by atoms with Gasteiger partial charge in [0.05, 0.1) is 17.9 Å². The van der Waals surface area contributed by atoms with Gasteiger partial charge in [-0.2, -0.15) is 4.31 Å². The third-order valence-corrected chi connectivity index (χ3v) is 6.61. The van der Waals surface area contributed by atoms with Crippen LogP contribution in [0, 0.1) is 6.92 Å². The first-order valence-corrected chi connectivity index (χ1v) is 11.5. The summed E-state index contributed by atoms with van der Waals surface area (Å²) in [5, 5.41) is 11.4. The number of carbonyl (C=O) groups excluding carboxylic acids is 1. The highest BCUT2D eigenvalue weighted by atomic mass is 32.2. The molecule has 1 aliphatic rings. The summed E-state index contributed by atoms with van der Waals surface area (Å²) >= 11 is 0. The molecule has 0 aliphatic carbocycles. The van der Waals surface area contributed by atoms with Gasteiger partial charge in [0.15, 0.2) is 11.5 Å². The van der Waals surface area contributed by atoms with Crippen molar-refractivity contribution < 1.29 is 13.2 Å². The molecule has 1 N–H and O–H groups in total. The van der Waals surface area contributed by atoms with Crippen molar-refractivity contribution in [2.75, 3.05) is 38.3 Å². The lowest BCUT2D eigenvalue weighted by Gasteiger charge is -2.37. The van der Waals surface area contributed by atoms with Gasteiger partial charge in [0.1, 0.15) is 0 Å². The molecule has 1 amide bonds. The second kappa shape index (κ2) is 7.78. The molecule has 10 heteroatoms. The standard InChI is InChI=1S/C20H24N6O3S/c1-14-5-4-6-16(11-14)21-20(27)15-7-8-18-22-23-19(26(18)12-15)17-13-25(30(3,28)29)10-9-24(17)2/h4-8,11-12,17H,9-10,13H2,1-3H3,(H,21,27)/t17-/m0/s1. The summed E-state index contributed by atoms with van der Waals surface area (Å²) < 4.78 is 27.3. The Morgan fingerprint density at radius 1 is 1.17 bits per heavy atom. The van der Waals surface area contributed by atoms with Crippen LogP contribution in [0.15, 0.2) is 42.6 Å². The molecule has 1 fully saturated rings. The Balaban J connectivity index is 1.65. The second-order valence-corrected chi connectivity index (χ2v) is 9.63. The Hall–Kier alpha value is -2.82. The Labute approximate surface area is 175 Å². The maximum Gasteiger partial charge on any atom is 0.257 e. The van der Waals surface area contributed by atoms with Crippen LogP contribution in [0.25, 0.3) is 5.65 Å². The number of rotatable bonds is 4. The average Bonchev–Trinajstić information content (AvgIpc) is 3.10. The molecule has 0 spiro atoms. The maximum absolute atomic E-state index is 12.8. The molecule has 3 aromatic rings. The van der Waals surface area contributed by atoms with E-state index in [2.05, 4.69) is 20.4 Å². The zero-order chi connectivity index (χ0) is 21.5. The van der Waals surface area contributed by atoms with Gasteiger partial charge in [-0.3, -0.25) is 14.1 Å². The molecule has 0 unspecified atom stereocenters. The van der Waals surface area contributed by atoms with Crippen LogP contribution < -0.4 is 5.32 Å². The van der Waals surface area contributed by atoms with Crippen molar-refractivity contribution in [2.45, 2.75) is 13.0 Å². The fraction of sp³-hybridized carbons (Fsp3) is 0.350. The smallest absolute Gasteiger partial charge is 0.257 e. The summed E-state index contributed by atoms with van der Waals surface area (Å²) in [5.41, 5.74) is 2.84. The van der Waals surface area contributed by atoms with Crippen LogP contribution in [0.5, 0.6) is 0 Å². The van der Waals surface area contributed by atoms with E-state index in [0.717, 1.165) is 11.3 Å². The normalized spacial score (nSPS) is 18.6. The van der Waals surface area contributed by atoms with Crippen LogP contribution in [0.1, 0.15) is 27.8 Å². The summed E-state index contributed by atoms with van der Waals surface area (Å²) in [7, 11) is -1.37. The van der Waals surface area contributed by atoms with Crippen molar-refractivity contribution in [2.24, 2.45) is 0 Å². The highest BCUT2D eigenvalue weighted by Crippen LogP contribution is 2.25. The first kappa shape index (κ1) is 20.5. The van der Waals surface area contributed by atoms with Crippen molar-refractivity contribution in [3.63, 3.8) is 0 Å². The van der Waals surface area contributed by atoms with E-state index in [-0.39, 0.29) is 18.5 Å². The Kier molecular flexibility index (Phi) is 5.31. The van der Waals surface area contributed by atoms with Crippen molar-refractivity contribution >= 4 is 27.3 Å². The van der Waals surface area contributed by atoms with Gasteiger partial charge in [0.2, 0.25) is 10.0 Å². The van der Waals surface area contributed by atoms with Crippen LogP contribution in [-0.2, 0) is 10.0 Å². The van der Waals surface area contributed by atoms with E-state index in [1.165, 1.54) is 10.6 Å². The summed E-state index contributed by atoms with van der Waals surface area (Å²) in [4.78, 5) is 14.8. The summed E-state index contributed by atoms with van der Waals surface area (Å²) in [6.07, 6.45) is 2.91. The van der Waals surface area contributed by atoms with Gasteiger partial charge in [0, 0.05) is 31.5 Å². The number of likely N-dealkylation sites (N-methyl/N-ethyl adjacent to an activating group) is 1. The number of piperazine rings is 1. The molecule has 0 bridgehead atoms. The number of fused-ring (bicyclic) bond motifs is 1. The van der Waals surface area contributed by atoms with E-state index in [4.69, 9.17) is 0 Å². The number of aromatic nitrogens is 3. The molecule has 0 saturated carbocycles. The molecule has 2 aromatic heterocycles. The third-order valence-electron chi connectivity index (χ3n) is 5.34. The number of sulfonamides is 1. The SMILES string of the molecule is Cc1cccc(NC(=O)c2ccc3nnc([C@@H]4CN(S(C)(=O)=O)CCN4C)n3c2)c1. The number of nitrogens with zero attached hydrogens (tertiary/aromatic N) is 5. The predicted octanol–water partition coefficient (Wildman–Crippen LogP) is 1.54. The number of amides is 1. The lowest BCUT2D eigenvalue weighted by atomic mass is 10.2. The van der Waals surface area contributed by atoms with Gasteiger partial charge in [-0.15, -0.1) is 10.2 Å². The average molecular weight is 429 g/mol. The number of benzene rings is 1. The second-order valence-electron chi connectivity index (χ2n) is 7.65. The van der Waals surface area contributed by atoms with E-state index in [9.17, 15) is 13.2 Å². The van der Waals surface area contributed by atoms with E-state index < -0.39 is 10.0 Å². The van der Waals surface area contributed by atoms with Gasteiger partial charge in [-0.05, 0) is 43.8 Å². The van der Waals surface area contributed by atoms with Crippen molar-refractivity contribution in [3.05, 3.63) is 59.5 Å². The molecule has 9 nitrogen and oxygen atoms in total. The first-order chi connectivity index (χ1) is 14.2. The maximum atomic E-state index is 12.8. The molecule has 158 valence electrons. The van der Waals surface area contributed by atoms with Gasteiger partial charge < -0.3 is 5.32 Å². The first-order valence-electron chi connectivity index (χ1n) is 9.60. The summed E-state index contributed by atoms with van der Waals surface area (Å²) in [5.74, 6) is 0.364. The van der Waals surface area contributed by atoms with Crippen LogP contribution in [-0.4, -0.2) is 71.1 Å². The Morgan fingerprint density at radius 3 is 2.70 bits per heavy atom. The molecular weight excluding hydrogens is 404 g/mol. The highest BCUT2D eigenvalue weighted by molar-refractivity contribution is 7.88. The quantitative estimate of drug-likeness (QED) is 0.677. The van der Waals surface area contributed by atoms with Gasteiger partial charge in [0.25, 0.3) is 5.91 Å². The van der Waals surface area contributed by atoms with E-state index >= 15 is 0 Å². The minimum atomic E-state index is -3.30. The monoisotopic (exact) mass is 428 g/mol. The summed E-state index contributed by atoms with van der Waals surface area (Å²) in [6.45, 7) is 3.27. The van der Waals surface area contributed by atoms with Crippen LogP contribution in [0.4, 0.5) is 5.69 Å². The van der Waals surface area contributed by atoms with Crippen molar-refractivity contribution in [1.82, 2.24) is 23.8 Å². The molecule has 3 heterocycles. The molecule has 30 heavy (non-hydrogen) atoms. The number of hydrogen-bond acceptors (Lipinski definition) is 6. The number of pyridine rings is 1. The van der Waals surface area contributed by atoms with Crippen molar-refractivity contribution in [3.8, 4) is 0 Å². The molecule has 4 rings (SSSR count). The van der Waals surface area contributed by atoms with E-state index in [0.29, 0.717) is 30.1 Å². The minimum Gasteiger partial charge on any atom is -0.322 e. The van der Waals surface area contributed by atoms with Gasteiger partial charge >= 0.3 is 0 Å². The number of carbonyl (C=O) groups is 1. The van der Waals surface area contributed by atoms with Crippen LogP contribution in [0.2, 0.25) is 0 Å². The highest BCUT2D eigenvalue weighted by Gasteiger charge is 2.33. The largest absolute Gasteiger partial charge is 0.322 e. The molecule has 1 aromatic carbocycles. The molecular formula is C20H24N6O3S. The van der Waals surface area contributed by atoms with Crippen LogP contribution in [0.3, 0.4) is 0 Å². The zero-order valence-corrected chi connectivity index (χ0v) is 17.9. The third kappa shape index (κ3) is 4.07. The van der Waals surface area contributed by atoms with E-state index in [1.807, 2.05) is 38.2 Å². The number of anilines is 1. The van der Waals surface area contributed by atoms with Crippen LogP contribution >= 0.6 is 0 Å². The molecule has 1 saturated heterocycles. The number of aryl methyl sites for hydroxylation is 1. The molecule has 1 atom stereocenters. The predicted molar refractivity (Wildman–Crippen MR) is 114 cm³/mol. The minimum absolute atomic E-state index is 0.239. The number of hydrogen-bond donors (Lipinski definition) is 1. The Morgan fingerprint density at radius 2 is 1.97 bits per heavy atom.